The van der Waals surface area contributed by atoms with Crippen molar-refractivity contribution in [1.29, 1.82) is 0 Å². The lowest BCUT2D eigenvalue weighted by atomic mass is 9.56. The first-order chi connectivity index (χ1) is 24.3. The molecule has 270 valence electrons. The molecule has 6 unspecified atom stereocenters. The topological polar surface area (TPSA) is 153 Å². The Balaban J connectivity index is 1.42. The van der Waals surface area contributed by atoms with Crippen molar-refractivity contribution < 1.29 is 61.2 Å². The molecule has 3 aromatic rings. The van der Waals surface area contributed by atoms with Gasteiger partial charge in [0.15, 0.2) is 33.0 Å². The molecule has 0 bridgehead atoms. The Bertz CT molecular complexity index is 2220. The third-order valence-corrected chi connectivity index (χ3v) is 12.0. The van der Waals surface area contributed by atoms with Gasteiger partial charge >= 0.3 is 5.97 Å². The molecule has 4 aliphatic rings. The maximum atomic E-state index is 15.2. The van der Waals surface area contributed by atoms with Gasteiger partial charge in [-0.1, -0.05) is 23.8 Å². The van der Waals surface area contributed by atoms with Gasteiger partial charge in [-0.2, -0.15) is 0 Å². The van der Waals surface area contributed by atoms with Crippen molar-refractivity contribution in [2.45, 2.75) is 42.4 Å². The van der Waals surface area contributed by atoms with E-state index in [0.717, 1.165) is 23.1 Å². The number of aromatic carboxylic acids is 1. The van der Waals surface area contributed by atoms with Crippen LogP contribution in [0.5, 0.6) is 11.5 Å². The molecule has 2 heterocycles. The smallest absolute Gasteiger partial charge is 0.339 e. The van der Waals surface area contributed by atoms with E-state index < -0.39 is 116 Å². The van der Waals surface area contributed by atoms with Crippen LogP contribution >= 0.6 is 23.2 Å². The third kappa shape index (κ3) is 4.38. The molecule has 7 rings (SSSR count). The summed E-state index contributed by atoms with van der Waals surface area (Å²) >= 11 is 14.2. The molecule has 3 fully saturated rings. The fraction of sp³-hybridized carbons (Fsp3) is 0.286. The number of nitrogens with zero attached hydrogens (tertiary/aromatic N) is 2. The Morgan fingerprint density at radius 1 is 0.808 bits per heavy atom. The zero-order chi connectivity index (χ0) is 38.1. The predicted molar refractivity (Wildman–Crippen MR) is 172 cm³/mol. The van der Waals surface area contributed by atoms with Crippen molar-refractivity contribution in [2.75, 3.05) is 9.80 Å². The number of halogens is 7. The van der Waals surface area contributed by atoms with Gasteiger partial charge in [0.05, 0.1) is 17.5 Å². The molecule has 17 heteroatoms. The lowest BCUT2D eigenvalue weighted by Crippen LogP contribution is -2.60. The average molecular weight is 765 g/mol. The van der Waals surface area contributed by atoms with Crippen LogP contribution < -0.4 is 9.80 Å². The van der Waals surface area contributed by atoms with E-state index in [1.54, 1.807) is 0 Å². The van der Waals surface area contributed by atoms with E-state index in [0.29, 0.717) is 0 Å². The van der Waals surface area contributed by atoms with E-state index in [9.17, 15) is 52.5 Å². The van der Waals surface area contributed by atoms with Gasteiger partial charge in [0.1, 0.15) is 22.7 Å². The van der Waals surface area contributed by atoms with E-state index >= 15 is 8.78 Å². The maximum absolute atomic E-state index is 15.2. The summed E-state index contributed by atoms with van der Waals surface area (Å²) in [4.78, 5) is 63.2. The Morgan fingerprint density at radius 2 is 1.38 bits per heavy atom. The third-order valence-electron chi connectivity index (χ3n) is 10.5. The number of phenols is 2. The molecule has 0 spiro atoms. The number of hydrogen-bond acceptors (Lipinski definition) is 7. The number of hydrogen-bond donors (Lipinski definition) is 3. The van der Waals surface area contributed by atoms with Crippen LogP contribution in [-0.2, 0) is 19.2 Å². The summed E-state index contributed by atoms with van der Waals surface area (Å²) in [7, 11) is 0. The van der Waals surface area contributed by atoms with Crippen LogP contribution in [0.2, 0.25) is 0 Å². The number of aryl methyl sites for hydroxylation is 2. The summed E-state index contributed by atoms with van der Waals surface area (Å²) in [5.74, 6) is -24.9. The van der Waals surface area contributed by atoms with E-state index in [1.165, 1.54) is 32.1 Å². The highest BCUT2D eigenvalue weighted by molar-refractivity contribution is 6.58. The van der Waals surface area contributed by atoms with Gasteiger partial charge in [-0.3, -0.25) is 19.2 Å². The van der Waals surface area contributed by atoms with Crippen LogP contribution in [0, 0.1) is 60.7 Å². The largest absolute Gasteiger partial charge is 0.507 e. The van der Waals surface area contributed by atoms with Crippen LogP contribution in [0.3, 0.4) is 0 Å². The molecule has 2 aliphatic carbocycles. The van der Waals surface area contributed by atoms with Gasteiger partial charge in [0.2, 0.25) is 17.6 Å². The molecule has 52 heavy (non-hydrogen) atoms. The Morgan fingerprint density at radius 3 is 1.94 bits per heavy atom. The van der Waals surface area contributed by atoms with Gasteiger partial charge in [0, 0.05) is 12.0 Å². The van der Waals surface area contributed by atoms with Crippen molar-refractivity contribution in [2.24, 2.45) is 17.8 Å². The number of alkyl halides is 2. The number of anilines is 2. The minimum absolute atomic E-state index is 0.130. The normalized spacial score (nSPS) is 28.2. The Hall–Kier alpha value is -5.02. The number of imide groups is 2. The number of carbonyl (C=O) groups is 5. The molecule has 3 N–H and O–H groups in total. The first kappa shape index (κ1) is 35.4. The monoisotopic (exact) mass is 764 g/mol. The number of allylic oxidation sites excluding steroid dienone is 2. The molecule has 0 radical (unpaired) electrons. The van der Waals surface area contributed by atoms with Crippen molar-refractivity contribution in [3.8, 4) is 11.5 Å². The number of phenolic OH excluding ortho intramolecular Hbond substituents is 1. The summed E-state index contributed by atoms with van der Waals surface area (Å²) in [6, 6.07) is 5.80. The van der Waals surface area contributed by atoms with Crippen LogP contribution in [0.1, 0.15) is 45.8 Å². The average Bonchev–Trinajstić information content (AvgIpc) is 3.43. The highest BCUT2D eigenvalue weighted by Gasteiger charge is 2.77. The number of aromatic hydroxyl groups is 2. The fourth-order valence-corrected chi connectivity index (χ4v) is 9.13. The summed E-state index contributed by atoms with van der Waals surface area (Å²) in [5.41, 5.74) is -1.76. The number of carboxylic acid groups (broad SMARTS) is 1. The fourth-order valence-electron chi connectivity index (χ4n) is 8.19. The number of carbonyl (C=O) groups excluding carboxylic acids is 4. The number of carboxylic acids is 1. The van der Waals surface area contributed by atoms with E-state index in [1.807, 2.05) is 0 Å². The highest BCUT2D eigenvalue weighted by Crippen LogP contribution is 2.66. The second kappa shape index (κ2) is 11.5. The van der Waals surface area contributed by atoms with Gasteiger partial charge in [-0.05, 0) is 61.4 Å². The van der Waals surface area contributed by atoms with Gasteiger partial charge in [-0.25, -0.2) is 36.5 Å². The van der Waals surface area contributed by atoms with Gasteiger partial charge < -0.3 is 15.3 Å². The highest BCUT2D eigenvalue weighted by atomic mass is 35.5. The molecule has 10 nitrogen and oxygen atoms in total. The Labute approximate surface area is 299 Å². The quantitative estimate of drug-likeness (QED) is 0.0745. The summed E-state index contributed by atoms with van der Waals surface area (Å²) < 4.78 is 73.4. The van der Waals surface area contributed by atoms with E-state index in [-0.39, 0.29) is 45.0 Å². The number of amides is 4. The van der Waals surface area contributed by atoms with Crippen LogP contribution in [0.25, 0.3) is 0 Å². The minimum Gasteiger partial charge on any atom is -0.507 e. The first-order valence-corrected chi connectivity index (χ1v) is 16.3. The number of rotatable bonds is 4. The first-order valence-electron chi connectivity index (χ1n) is 15.5. The molecule has 1 saturated carbocycles. The molecule has 6 atom stereocenters. The molecule has 4 amide bonds. The van der Waals surface area contributed by atoms with Crippen molar-refractivity contribution >= 4 is 64.2 Å². The van der Waals surface area contributed by atoms with Gasteiger partial charge in [0.25, 0.3) is 11.8 Å². The second-order valence-electron chi connectivity index (χ2n) is 13.2. The summed E-state index contributed by atoms with van der Waals surface area (Å²) in [6.45, 7) is 2.99. The Kier molecular flexibility index (Phi) is 7.82. The standard InChI is InChI=1S/C35H23Cl2F5N2O8/c1-11-7-13(8-12(2)28(11)46)21-15-5-6-17-20(30(48)43(29(17)47)14-3-4-16(31(49)50)19(45)9-14)18(15)10-34(36)32(51)44(33(52)35(21,34)37)27-25(41)23(39)22(38)24(40)26(27)42/h3-5,7-9,17-18,20-21,45-46H,6,10H2,1-2H3,(H,49,50). The maximum Gasteiger partial charge on any atom is 0.339 e. The van der Waals surface area contributed by atoms with Crippen LogP contribution in [-0.4, -0.2) is 54.7 Å². The summed E-state index contributed by atoms with van der Waals surface area (Å²) in [5, 5.41) is 30.2. The minimum atomic E-state index is -2.74. The number of benzene rings is 3. The zero-order valence-corrected chi connectivity index (χ0v) is 28.1. The van der Waals surface area contributed by atoms with Crippen molar-refractivity contribution in [3.63, 3.8) is 0 Å². The van der Waals surface area contributed by atoms with Crippen LogP contribution in [0.15, 0.2) is 42.0 Å². The lowest BCUT2D eigenvalue weighted by molar-refractivity contribution is -0.125. The van der Waals surface area contributed by atoms with Crippen LogP contribution in [0.4, 0.5) is 33.3 Å². The SMILES string of the molecule is Cc1cc(C2C3=CCC4C(=O)N(c5ccc(C(=O)O)c(O)c5)C(=O)C4C3CC3(Cl)C(=O)N(c4c(F)c(F)c(F)c(F)c4F)C(=O)C23Cl)cc(C)c1O. The predicted octanol–water partition coefficient (Wildman–Crippen LogP) is 5.88. The molecular formula is C35H23Cl2F5N2O8. The zero-order valence-electron chi connectivity index (χ0n) is 26.6. The van der Waals surface area contributed by atoms with E-state index in [4.69, 9.17) is 23.2 Å². The molecule has 2 aliphatic heterocycles. The lowest BCUT2D eigenvalue weighted by Gasteiger charge is -2.50. The van der Waals surface area contributed by atoms with Crippen molar-refractivity contribution in [1.82, 2.24) is 0 Å². The molecule has 2 saturated heterocycles. The van der Waals surface area contributed by atoms with Crippen molar-refractivity contribution in [3.05, 3.63) is 93.3 Å². The van der Waals surface area contributed by atoms with Gasteiger partial charge in [-0.15, -0.1) is 23.2 Å². The number of fused-ring (bicyclic) bond motifs is 4. The van der Waals surface area contributed by atoms with E-state index in [2.05, 4.69) is 0 Å². The second-order valence-corrected chi connectivity index (χ2v) is 14.5. The summed E-state index contributed by atoms with van der Waals surface area (Å²) in [6.07, 6.45) is 0.631. The molecular weight excluding hydrogens is 742 g/mol. The molecule has 3 aromatic carbocycles. The molecule has 0 aromatic heterocycles.